The second-order valence-corrected chi connectivity index (χ2v) is 9.21. The van der Waals surface area contributed by atoms with E-state index in [0.29, 0.717) is 11.9 Å². The number of aliphatic hydroxyl groups is 1. The summed E-state index contributed by atoms with van der Waals surface area (Å²) in [7, 11) is 6.19. The van der Waals surface area contributed by atoms with Gasteiger partial charge >= 0.3 is 0 Å². The maximum atomic E-state index is 10.9. The number of piperidine rings is 1. The van der Waals surface area contributed by atoms with Crippen LogP contribution in [0.15, 0.2) is 61.2 Å². The number of rotatable bonds is 6. The molecule has 176 valence electrons. The van der Waals surface area contributed by atoms with Crippen LogP contribution in [-0.4, -0.2) is 63.0 Å². The molecule has 0 bridgehead atoms. The van der Waals surface area contributed by atoms with E-state index in [0.717, 1.165) is 59.2 Å². The van der Waals surface area contributed by atoms with E-state index in [-0.39, 0.29) is 0 Å². The largest absolute Gasteiger partial charge is 0.369 e. The van der Waals surface area contributed by atoms with Crippen LogP contribution in [-0.2, 0) is 7.05 Å². The van der Waals surface area contributed by atoms with E-state index < -0.39 is 6.23 Å². The second-order valence-electron chi connectivity index (χ2n) is 9.21. The Hall–Kier alpha value is -3.49. The topological polar surface area (TPSA) is 82.3 Å². The lowest BCUT2D eigenvalue weighted by Gasteiger charge is -2.36. The number of aromatic nitrogens is 4. The lowest BCUT2D eigenvalue weighted by Crippen LogP contribution is -2.42. The summed E-state index contributed by atoms with van der Waals surface area (Å²) in [6, 6.07) is 12.6. The monoisotopic (exact) mass is 457 g/mol. The van der Waals surface area contributed by atoms with Crippen molar-refractivity contribution in [2.75, 3.05) is 37.4 Å². The molecule has 5 rings (SSSR count). The Balaban J connectivity index is 1.31. The molecule has 1 fully saturated rings. The van der Waals surface area contributed by atoms with Gasteiger partial charge in [0.05, 0.1) is 6.20 Å². The third-order valence-corrected chi connectivity index (χ3v) is 6.65. The fraction of sp³-hybridized carbons (Fsp3) is 0.346. The quantitative estimate of drug-likeness (QED) is 0.428. The van der Waals surface area contributed by atoms with Crippen molar-refractivity contribution in [3.8, 4) is 11.1 Å². The number of nitrogens with one attached hydrogen (secondary N) is 1. The average molecular weight is 458 g/mol. The molecule has 34 heavy (non-hydrogen) atoms. The molecule has 1 aliphatic rings. The fourth-order valence-corrected chi connectivity index (χ4v) is 4.58. The molecule has 8 heteroatoms. The highest BCUT2D eigenvalue weighted by molar-refractivity contribution is 5.88. The molecule has 1 aromatic carbocycles. The van der Waals surface area contributed by atoms with Gasteiger partial charge in [0.25, 0.3) is 0 Å². The van der Waals surface area contributed by atoms with Gasteiger partial charge in [0, 0.05) is 61.3 Å². The van der Waals surface area contributed by atoms with Crippen molar-refractivity contribution < 1.29 is 5.11 Å². The summed E-state index contributed by atoms with van der Waals surface area (Å²) >= 11 is 0. The minimum Gasteiger partial charge on any atom is -0.369 e. The fourth-order valence-electron chi connectivity index (χ4n) is 4.58. The van der Waals surface area contributed by atoms with Gasteiger partial charge in [-0.2, -0.15) is 5.10 Å². The van der Waals surface area contributed by atoms with Gasteiger partial charge in [0.2, 0.25) is 0 Å². The first-order chi connectivity index (χ1) is 16.5. The molecule has 0 aliphatic carbocycles. The zero-order valence-electron chi connectivity index (χ0n) is 19.9. The van der Waals surface area contributed by atoms with E-state index in [1.807, 2.05) is 43.8 Å². The van der Waals surface area contributed by atoms with E-state index in [9.17, 15) is 5.11 Å². The first kappa shape index (κ1) is 22.3. The minimum atomic E-state index is -0.882. The smallest absolute Gasteiger partial charge is 0.152 e. The molecule has 1 aliphatic heterocycles. The predicted octanol–water partition coefficient (Wildman–Crippen LogP) is 3.66. The Morgan fingerprint density at radius 3 is 2.56 bits per heavy atom. The molecule has 4 heterocycles. The Morgan fingerprint density at radius 2 is 1.82 bits per heavy atom. The van der Waals surface area contributed by atoms with Crippen molar-refractivity contribution in [3.63, 3.8) is 0 Å². The molecule has 1 atom stereocenters. The molecule has 3 aromatic heterocycles. The lowest BCUT2D eigenvalue weighted by molar-refractivity contribution is 0.207. The van der Waals surface area contributed by atoms with E-state index >= 15 is 0 Å². The van der Waals surface area contributed by atoms with Crippen LogP contribution in [0.3, 0.4) is 0 Å². The summed E-state index contributed by atoms with van der Waals surface area (Å²) in [5.74, 6) is 1.52. The maximum absolute atomic E-state index is 10.9. The first-order valence-corrected chi connectivity index (χ1v) is 11.7. The molecule has 4 aromatic rings. The van der Waals surface area contributed by atoms with Crippen LogP contribution in [0.25, 0.3) is 21.9 Å². The van der Waals surface area contributed by atoms with E-state index in [1.165, 1.54) is 0 Å². The van der Waals surface area contributed by atoms with Crippen LogP contribution in [0.5, 0.6) is 0 Å². The third kappa shape index (κ3) is 4.73. The van der Waals surface area contributed by atoms with Crippen LogP contribution in [0, 0.1) is 0 Å². The Labute approximate surface area is 199 Å². The Kier molecular flexibility index (Phi) is 6.17. The molecule has 2 N–H and O–H groups in total. The van der Waals surface area contributed by atoms with Crippen LogP contribution in [0.2, 0.25) is 0 Å². The summed E-state index contributed by atoms with van der Waals surface area (Å²) in [5.41, 5.74) is 2.93. The van der Waals surface area contributed by atoms with Crippen LogP contribution < -0.4 is 10.2 Å². The molecule has 0 spiro atoms. The number of nitrogens with zero attached hydrogens (tertiary/aromatic N) is 6. The predicted molar refractivity (Wildman–Crippen MR) is 136 cm³/mol. The number of hydrogen-bond acceptors (Lipinski definition) is 7. The minimum absolute atomic E-state index is 0.615. The molecule has 1 saturated heterocycles. The van der Waals surface area contributed by atoms with Gasteiger partial charge in [0.1, 0.15) is 11.6 Å². The molecule has 0 saturated carbocycles. The molecular weight excluding hydrogens is 426 g/mol. The second kappa shape index (κ2) is 9.40. The Bertz CT molecular complexity index is 1280. The van der Waals surface area contributed by atoms with Gasteiger partial charge in [-0.1, -0.05) is 12.1 Å². The van der Waals surface area contributed by atoms with Crippen LogP contribution in [0.4, 0.5) is 11.6 Å². The summed E-state index contributed by atoms with van der Waals surface area (Å²) in [4.78, 5) is 13.6. The number of fused-ring (bicyclic) bond motifs is 1. The number of hydrogen-bond donors (Lipinski definition) is 2. The highest BCUT2D eigenvalue weighted by Crippen LogP contribution is 2.27. The standard InChI is InChI=1S/C26H31N7O/c1-31(2)23-7-10-33(11-8-23)25-14-19(6-9-27-25)26(34)30-24-13-21-12-18(4-5-20(21)15-28-24)22-16-29-32(3)17-22/h4-6,9,12-17,23,26,34H,7-8,10-11H2,1-3H3,(H,28,30). The number of anilines is 2. The van der Waals surface area contributed by atoms with Gasteiger partial charge in [-0.05, 0) is 62.2 Å². The normalized spacial score (nSPS) is 15.7. The average Bonchev–Trinajstić information content (AvgIpc) is 3.30. The van der Waals surface area contributed by atoms with E-state index in [4.69, 9.17) is 0 Å². The van der Waals surface area contributed by atoms with Gasteiger partial charge in [-0.15, -0.1) is 0 Å². The zero-order chi connectivity index (χ0) is 23.7. The molecule has 0 amide bonds. The SMILES string of the molecule is CN(C)C1CCN(c2cc(C(O)Nc3cc4cc(-c5cnn(C)c5)ccc4cn3)ccn2)CC1. The zero-order valence-corrected chi connectivity index (χ0v) is 19.9. The van der Waals surface area contributed by atoms with Crippen molar-refractivity contribution in [1.82, 2.24) is 24.6 Å². The van der Waals surface area contributed by atoms with Crippen molar-refractivity contribution >= 4 is 22.4 Å². The van der Waals surface area contributed by atoms with Crippen molar-refractivity contribution in [2.45, 2.75) is 25.1 Å². The third-order valence-electron chi connectivity index (χ3n) is 6.65. The van der Waals surface area contributed by atoms with E-state index in [2.05, 4.69) is 62.5 Å². The van der Waals surface area contributed by atoms with Gasteiger partial charge in [-0.3, -0.25) is 4.68 Å². The van der Waals surface area contributed by atoms with Gasteiger partial charge < -0.3 is 20.2 Å². The van der Waals surface area contributed by atoms with Crippen molar-refractivity contribution in [3.05, 3.63) is 66.7 Å². The maximum Gasteiger partial charge on any atom is 0.152 e. The number of aryl methyl sites for hydroxylation is 1. The molecule has 0 radical (unpaired) electrons. The van der Waals surface area contributed by atoms with Crippen LogP contribution in [0.1, 0.15) is 24.6 Å². The summed E-state index contributed by atoms with van der Waals surface area (Å²) in [6.07, 6.45) is 8.78. The lowest BCUT2D eigenvalue weighted by atomic mass is 10.0. The number of benzene rings is 1. The van der Waals surface area contributed by atoms with Gasteiger partial charge in [0.15, 0.2) is 6.23 Å². The van der Waals surface area contributed by atoms with Crippen molar-refractivity contribution in [1.29, 1.82) is 0 Å². The summed E-state index contributed by atoms with van der Waals surface area (Å²) < 4.78 is 1.79. The number of pyridine rings is 2. The summed E-state index contributed by atoms with van der Waals surface area (Å²) in [6.45, 7) is 1.93. The highest BCUT2D eigenvalue weighted by Gasteiger charge is 2.22. The number of aliphatic hydroxyl groups excluding tert-OH is 1. The Morgan fingerprint density at radius 1 is 1.00 bits per heavy atom. The van der Waals surface area contributed by atoms with Crippen LogP contribution >= 0.6 is 0 Å². The molecule has 8 nitrogen and oxygen atoms in total. The first-order valence-electron chi connectivity index (χ1n) is 11.7. The highest BCUT2D eigenvalue weighted by atomic mass is 16.3. The van der Waals surface area contributed by atoms with Crippen molar-refractivity contribution in [2.24, 2.45) is 7.05 Å². The van der Waals surface area contributed by atoms with E-state index in [1.54, 1.807) is 10.9 Å². The molecule has 1 unspecified atom stereocenters. The molecular formula is C26H31N7O. The summed E-state index contributed by atoms with van der Waals surface area (Å²) in [5, 5.41) is 20.4. The van der Waals surface area contributed by atoms with Gasteiger partial charge in [-0.25, -0.2) is 9.97 Å².